The Kier molecular flexibility index (Phi) is 5.77. The Morgan fingerprint density at radius 2 is 1.68 bits per heavy atom. The fraction of sp³-hybridized carbons (Fsp3) is 0.136. The highest BCUT2D eigenvalue weighted by atomic mass is 32.2. The number of halogens is 1. The first-order valence-electron chi connectivity index (χ1n) is 9.43. The van der Waals surface area contributed by atoms with Gasteiger partial charge in [-0.05, 0) is 42.0 Å². The molecule has 7 nitrogen and oxygen atoms in total. The van der Waals surface area contributed by atoms with Crippen LogP contribution in [-0.2, 0) is 21.4 Å². The monoisotopic (exact) mass is 442 g/mol. The molecule has 0 fully saturated rings. The maximum atomic E-state index is 14.5. The third-order valence-corrected chi connectivity index (χ3v) is 6.44. The fourth-order valence-electron chi connectivity index (χ4n) is 3.11. The molecule has 1 aliphatic heterocycles. The van der Waals surface area contributed by atoms with Gasteiger partial charge in [0, 0.05) is 6.54 Å². The van der Waals surface area contributed by atoms with Gasteiger partial charge in [-0.2, -0.15) is 0 Å². The van der Waals surface area contributed by atoms with Gasteiger partial charge in [0.2, 0.25) is 12.7 Å². The number of sulfonamides is 1. The second kappa shape index (κ2) is 8.65. The topological polar surface area (TPSA) is 84.9 Å². The molecular formula is C22H19FN2O5S. The number of nitrogens with zero attached hydrogens (tertiary/aromatic N) is 1. The minimum absolute atomic E-state index is 0.0400. The van der Waals surface area contributed by atoms with Crippen molar-refractivity contribution in [1.29, 1.82) is 0 Å². The molecule has 0 unspecified atom stereocenters. The van der Waals surface area contributed by atoms with Crippen molar-refractivity contribution < 1.29 is 27.1 Å². The van der Waals surface area contributed by atoms with Gasteiger partial charge in [-0.15, -0.1) is 0 Å². The molecule has 9 heteroatoms. The minimum atomic E-state index is -4.17. The van der Waals surface area contributed by atoms with E-state index in [4.69, 9.17) is 9.47 Å². The lowest BCUT2D eigenvalue weighted by molar-refractivity contribution is -0.119. The van der Waals surface area contributed by atoms with Gasteiger partial charge in [-0.1, -0.05) is 36.4 Å². The van der Waals surface area contributed by atoms with Crippen molar-refractivity contribution in [3.05, 3.63) is 84.2 Å². The first kappa shape index (κ1) is 20.7. The van der Waals surface area contributed by atoms with E-state index in [-0.39, 0.29) is 23.9 Å². The first-order chi connectivity index (χ1) is 14.9. The van der Waals surface area contributed by atoms with Crippen molar-refractivity contribution in [1.82, 2.24) is 5.32 Å². The third kappa shape index (κ3) is 4.46. The number of hydrogen-bond donors (Lipinski definition) is 1. The normalized spacial score (nSPS) is 12.4. The average molecular weight is 442 g/mol. The van der Waals surface area contributed by atoms with Crippen molar-refractivity contribution in [3.63, 3.8) is 0 Å². The highest BCUT2D eigenvalue weighted by Gasteiger charge is 2.29. The van der Waals surface area contributed by atoms with Crippen molar-refractivity contribution in [3.8, 4) is 11.5 Å². The molecule has 3 aromatic rings. The molecule has 1 heterocycles. The van der Waals surface area contributed by atoms with Gasteiger partial charge in [-0.25, -0.2) is 12.8 Å². The van der Waals surface area contributed by atoms with Crippen LogP contribution in [0.1, 0.15) is 5.56 Å². The number of ether oxygens (including phenoxy) is 2. The molecule has 0 aromatic heterocycles. The van der Waals surface area contributed by atoms with Crippen LogP contribution >= 0.6 is 0 Å². The van der Waals surface area contributed by atoms with Gasteiger partial charge in [0.1, 0.15) is 12.4 Å². The summed E-state index contributed by atoms with van der Waals surface area (Å²) in [6.07, 6.45) is 0. The number of fused-ring (bicyclic) bond motifs is 1. The highest BCUT2D eigenvalue weighted by Crippen LogP contribution is 2.32. The molecule has 0 spiro atoms. The van der Waals surface area contributed by atoms with Crippen LogP contribution in [0, 0.1) is 5.82 Å². The molecule has 0 atom stereocenters. The Balaban J connectivity index is 1.55. The van der Waals surface area contributed by atoms with Crippen molar-refractivity contribution in [2.24, 2.45) is 0 Å². The quantitative estimate of drug-likeness (QED) is 0.608. The molecule has 1 aliphatic rings. The zero-order chi connectivity index (χ0) is 21.8. The van der Waals surface area contributed by atoms with Gasteiger partial charge in [0.15, 0.2) is 11.5 Å². The molecular weight excluding hydrogens is 423 g/mol. The van der Waals surface area contributed by atoms with E-state index in [1.54, 1.807) is 36.4 Å². The lowest BCUT2D eigenvalue weighted by atomic mass is 10.2. The number of anilines is 1. The maximum absolute atomic E-state index is 14.5. The third-order valence-electron chi connectivity index (χ3n) is 4.67. The molecule has 3 aromatic carbocycles. The van der Waals surface area contributed by atoms with Crippen LogP contribution in [0.5, 0.6) is 11.5 Å². The lowest BCUT2D eigenvalue weighted by Gasteiger charge is -2.24. The molecule has 0 bridgehead atoms. The van der Waals surface area contributed by atoms with Crippen LogP contribution < -0.4 is 19.1 Å². The van der Waals surface area contributed by atoms with E-state index >= 15 is 0 Å². The summed E-state index contributed by atoms with van der Waals surface area (Å²) in [6, 6.07) is 18.2. The average Bonchev–Trinajstić information content (AvgIpc) is 3.25. The van der Waals surface area contributed by atoms with Crippen LogP contribution in [0.2, 0.25) is 0 Å². The van der Waals surface area contributed by atoms with Crippen molar-refractivity contribution in [2.45, 2.75) is 11.4 Å². The zero-order valence-electron chi connectivity index (χ0n) is 16.3. The number of carbonyl (C=O) groups is 1. The second-order valence-corrected chi connectivity index (χ2v) is 8.60. The Labute approximate surface area is 179 Å². The molecule has 1 N–H and O–H groups in total. The number of rotatable bonds is 7. The number of benzene rings is 3. The summed E-state index contributed by atoms with van der Waals surface area (Å²) in [6.45, 7) is -0.297. The molecule has 0 saturated carbocycles. The highest BCUT2D eigenvalue weighted by molar-refractivity contribution is 7.92. The number of para-hydroxylation sites is 1. The van der Waals surface area contributed by atoms with E-state index < -0.39 is 28.3 Å². The van der Waals surface area contributed by atoms with Crippen LogP contribution in [-0.4, -0.2) is 27.7 Å². The number of nitrogens with one attached hydrogen (secondary N) is 1. The fourth-order valence-corrected chi connectivity index (χ4v) is 4.56. The number of amides is 1. The Hall–Kier alpha value is -3.59. The van der Waals surface area contributed by atoms with E-state index in [0.717, 1.165) is 15.9 Å². The van der Waals surface area contributed by atoms with E-state index in [0.29, 0.717) is 11.5 Å². The smallest absolute Gasteiger partial charge is 0.264 e. The molecule has 0 aliphatic carbocycles. The van der Waals surface area contributed by atoms with Gasteiger partial charge in [0.25, 0.3) is 10.0 Å². The van der Waals surface area contributed by atoms with E-state index in [1.807, 2.05) is 0 Å². The SMILES string of the molecule is O=C(CN(c1ccccc1F)S(=O)(=O)c1ccccc1)NCc1ccc2c(c1)OCO2. The van der Waals surface area contributed by atoms with Gasteiger partial charge >= 0.3 is 0 Å². The summed E-state index contributed by atoms with van der Waals surface area (Å²) in [5.41, 5.74) is 0.547. The van der Waals surface area contributed by atoms with Gasteiger partial charge in [0.05, 0.1) is 10.6 Å². The van der Waals surface area contributed by atoms with E-state index in [2.05, 4.69) is 5.32 Å². The first-order valence-corrected chi connectivity index (χ1v) is 10.9. The predicted molar refractivity (Wildman–Crippen MR) is 112 cm³/mol. The molecule has 0 radical (unpaired) electrons. The summed E-state index contributed by atoms with van der Waals surface area (Å²) in [7, 11) is -4.17. The summed E-state index contributed by atoms with van der Waals surface area (Å²) in [5.74, 6) is -0.132. The standard InChI is InChI=1S/C22H19FN2O5S/c23-18-8-4-5-9-19(18)25(31(27,28)17-6-2-1-3-7-17)14-22(26)24-13-16-10-11-20-21(12-16)30-15-29-20/h1-12H,13-15H2,(H,24,26). The van der Waals surface area contributed by atoms with Crippen molar-refractivity contribution in [2.75, 3.05) is 17.6 Å². The number of hydrogen-bond acceptors (Lipinski definition) is 5. The Morgan fingerprint density at radius 3 is 2.45 bits per heavy atom. The van der Waals surface area contributed by atoms with Crippen LogP contribution in [0.3, 0.4) is 0 Å². The molecule has 4 rings (SSSR count). The maximum Gasteiger partial charge on any atom is 0.264 e. The summed E-state index contributed by atoms with van der Waals surface area (Å²) < 4.78 is 52.1. The van der Waals surface area contributed by atoms with Gasteiger partial charge < -0.3 is 14.8 Å². The number of carbonyl (C=O) groups excluding carboxylic acids is 1. The van der Waals surface area contributed by atoms with Crippen molar-refractivity contribution >= 4 is 21.6 Å². The Morgan fingerprint density at radius 1 is 0.968 bits per heavy atom. The zero-order valence-corrected chi connectivity index (χ0v) is 17.1. The molecule has 1 amide bonds. The predicted octanol–water partition coefficient (Wildman–Crippen LogP) is 3.07. The summed E-state index contributed by atoms with van der Waals surface area (Å²) in [4.78, 5) is 12.6. The molecule has 31 heavy (non-hydrogen) atoms. The largest absolute Gasteiger partial charge is 0.454 e. The lowest BCUT2D eigenvalue weighted by Crippen LogP contribution is -2.41. The van der Waals surface area contributed by atoms with Gasteiger partial charge in [-0.3, -0.25) is 9.10 Å². The van der Waals surface area contributed by atoms with Crippen LogP contribution in [0.4, 0.5) is 10.1 Å². The summed E-state index contributed by atoms with van der Waals surface area (Å²) in [5, 5.41) is 2.67. The Bertz CT molecular complexity index is 1200. The summed E-state index contributed by atoms with van der Waals surface area (Å²) >= 11 is 0. The minimum Gasteiger partial charge on any atom is -0.454 e. The van der Waals surface area contributed by atoms with Crippen LogP contribution in [0.15, 0.2) is 77.7 Å². The van der Waals surface area contributed by atoms with E-state index in [9.17, 15) is 17.6 Å². The second-order valence-electron chi connectivity index (χ2n) is 6.74. The van der Waals surface area contributed by atoms with E-state index in [1.165, 1.54) is 30.3 Å². The van der Waals surface area contributed by atoms with Crippen LogP contribution in [0.25, 0.3) is 0 Å². The molecule has 0 saturated heterocycles. The molecule has 160 valence electrons.